The molecule has 1 aromatic carbocycles. The Bertz CT molecular complexity index is 426. The van der Waals surface area contributed by atoms with Crippen molar-refractivity contribution in [2.75, 3.05) is 13.1 Å². The lowest BCUT2D eigenvalue weighted by Crippen LogP contribution is -2.51. The molecule has 0 radical (unpaired) electrons. The van der Waals surface area contributed by atoms with Crippen LogP contribution in [0.5, 0.6) is 0 Å². The number of halogens is 2. The fourth-order valence-corrected chi connectivity index (χ4v) is 3.16. The summed E-state index contributed by atoms with van der Waals surface area (Å²) in [5, 5.41) is 14.1. The van der Waals surface area contributed by atoms with Crippen LogP contribution in [0.15, 0.2) is 22.7 Å². The molecule has 1 aliphatic heterocycles. The van der Waals surface area contributed by atoms with Gasteiger partial charge in [-0.1, -0.05) is 13.0 Å². The standard InChI is InChI=1S/C14H19BrFNO/c1-2-11-9-17-6-5-14(11,18)8-10-3-4-13(16)12(15)7-10/h3-4,7,11,17-18H,2,5-6,8-9H2,1H3. The van der Waals surface area contributed by atoms with Crippen molar-refractivity contribution >= 4 is 15.9 Å². The molecule has 0 amide bonds. The zero-order valence-electron chi connectivity index (χ0n) is 10.5. The summed E-state index contributed by atoms with van der Waals surface area (Å²) >= 11 is 3.19. The minimum atomic E-state index is -0.669. The monoisotopic (exact) mass is 315 g/mol. The van der Waals surface area contributed by atoms with Crippen molar-refractivity contribution in [2.24, 2.45) is 5.92 Å². The summed E-state index contributed by atoms with van der Waals surface area (Å²) < 4.78 is 13.7. The first-order chi connectivity index (χ1) is 8.55. The fourth-order valence-electron chi connectivity index (χ4n) is 2.74. The number of hydrogen-bond acceptors (Lipinski definition) is 2. The van der Waals surface area contributed by atoms with E-state index in [4.69, 9.17) is 0 Å². The van der Waals surface area contributed by atoms with E-state index in [1.165, 1.54) is 6.07 Å². The lowest BCUT2D eigenvalue weighted by atomic mass is 9.76. The first-order valence-corrected chi connectivity index (χ1v) is 7.21. The van der Waals surface area contributed by atoms with E-state index in [-0.39, 0.29) is 11.7 Å². The fraction of sp³-hybridized carbons (Fsp3) is 0.571. The molecule has 18 heavy (non-hydrogen) atoms. The molecule has 2 rings (SSSR count). The van der Waals surface area contributed by atoms with Crippen LogP contribution in [0.3, 0.4) is 0 Å². The van der Waals surface area contributed by atoms with Gasteiger partial charge in [0.2, 0.25) is 0 Å². The third-order valence-corrected chi connectivity index (χ3v) is 4.48. The second-order valence-corrected chi connectivity index (χ2v) is 5.94. The zero-order valence-corrected chi connectivity index (χ0v) is 12.1. The summed E-state index contributed by atoms with van der Waals surface area (Å²) in [5.74, 6) is -0.00169. The van der Waals surface area contributed by atoms with Crippen LogP contribution in [0.4, 0.5) is 4.39 Å². The molecular weight excluding hydrogens is 297 g/mol. The van der Waals surface area contributed by atoms with Gasteiger partial charge in [0.05, 0.1) is 10.1 Å². The SMILES string of the molecule is CCC1CNCCC1(O)Cc1ccc(F)c(Br)c1. The van der Waals surface area contributed by atoms with Gasteiger partial charge >= 0.3 is 0 Å². The van der Waals surface area contributed by atoms with Crippen molar-refractivity contribution in [1.29, 1.82) is 0 Å². The Morgan fingerprint density at radius 1 is 1.56 bits per heavy atom. The number of piperidine rings is 1. The number of benzene rings is 1. The average Bonchev–Trinajstić information content (AvgIpc) is 2.34. The minimum absolute atomic E-state index is 0.259. The second-order valence-electron chi connectivity index (χ2n) is 5.09. The van der Waals surface area contributed by atoms with E-state index in [9.17, 15) is 9.50 Å². The van der Waals surface area contributed by atoms with E-state index in [1.807, 2.05) is 0 Å². The van der Waals surface area contributed by atoms with Gasteiger partial charge in [-0.3, -0.25) is 0 Å². The van der Waals surface area contributed by atoms with E-state index >= 15 is 0 Å². The summed E-state index contributed by atoms with van der Waals surface area (Å²) in [4.78, 5) is 0. The summed E-state index contributed by atoms with van der Waals surface area (Å²) in [5.41, 5.74) is 0.309. The lowest BCUT2D eigenvalue weighted by molar-refractivity contribution is -0.0414. The molecule has 2 N–H and O–H groups in total. The molecule has 2 unspecified atom stereocenters. The highest BCUT2D eigenvalue weighted by atomic mass is 79.9. The molecule has 0 spiro atoms. The van der Waals surface area contributed by atoms with Crippen LogP contribution in [0, 0.1) is 11.7 Å². The maximum Gasteiger partial charge on any atom is 0.137 e. The predicted octanol–water partition coefficient (Wildman–Crippen LogP) is 2.88. The van der Waals surface area contributed by atoms with Crippen LogP contribution in [-0.4, -0.2) is 23.8 Å². The van der Waals surface area contributed by atoms with Crippen LogP contribution >= 0.6 is 15.9 Å². The van der Waals surface area contributed by atoms with Gasteiger partial charge in [-0.05, 0) is 53.0 Å². The van der Waals surface area contributed by atoms with Crippen molar-refractivity contribution < 1.29 is 9.50 Å². The third-order valence-electron chi connectivity index (χ3n) is 3.87. The molecule has 1 heterocycles. The maximum absolute atomic E-state index is 13.2. The van der Waals surface area contributed by atoms with Gasteiger partial charge in [0.25, 0.3) is 0 Å². The van der Waals surface area contributed by atoms with E-state index in [2.05, 4.69) is 28.2 Å². The van der Waals surface area contributed by atoms with E-state index in [0.29, 0.717) is 10.9 Å². The lowest BCUT2D eigenvalue weighted by Gasteiger charge is -2.40. The first kappa shape index (κ1) is 14.0. The van der Waals surface area contributed by atoms with Crippen molar-refractivity contribution in [2.45, 2.75) is 31.8 Å². The Morgan fingerprint density at radius 2 is 2.33 bits per heavy atom. The van der Waals surface area contributed by atoms with Gasteiger partial charge in [0.15, 0.2) is 0 Å². The van der Waals surface area contributed by atoms with Gasteiger partial charge in [-0.2, -0.15) is 0 Å². The van der Waals surface area contributed by atoms with Crippen LogP contribution in [0.2, 0.25) is 0 Å². The summed E-state index contributed by atoms with van der Waals surface area (Å²) in [6, 6.07) is 4.97. The van der Waals surface area contributed by atoms with Gasteiger partial charge in [-0.25, -0.2) is 4.39 Å². The van der Waals surface area contributed by atoms with Crippen molar-refractivity contribution in [3.8, 4) is 0 Å². The minimum Gasteiger partial charge on any atom is -0.389 e. The Morgan fingerprint density at radius 3 is 3.00 bits per heavy atom. The largest absolute Gasteiger partial charge is 0.389 e. The first-order valence-electron chi connectivity index (χ1n) is 6.42. The Balaban J connectivity index is 2.17. The van der Waals surface area contributed by atoms with E-state index in [0.717, 1.165) is 31.5 Å². The van der Waals surface area contributed by atoms with Crippen molar-refractivity contribution in [3.63, 3.8) is 0 Å². The third kappa shape index (κ3) is 2.92. The molecule has 1 aromatic rings. The van der Waals surface area contributed by atoms with Crippen molar-refractivity contribution in [3.05, 3.63) is 34.1 Å². The summed E-state index contributed by atoms with van der Waals surface area (Å²) in [7, 11) is 0. The molecule has 0 aromatic heterocycles. The number of hydrogen-bond donors (Lipinski definition) is 2. The average molecular weight is 316 g/mol. The molecule has 100 valence electrons. The van der Waals surface area contributed by atoms with Crippen molar-refractivity contribution in [1.82, 2.24) is 5.32 Å². The summed E-state index contributed by atoms with van der Waals surface area (Å²) in [6.07, 6.45) is 2.29. The topological polar surface area (TPSA) is 32.3 Å². The molecule has 4 heteroatoms. The van der Waals surface area contributed by atoms with Gasteiger partial charge < -0.3 is 10.4 Å². The number of nitrogens with one attached hydrogen (secondary N) is 1. The Hall–Kier alpha value is -0.450. The van der Waals surface area contributed by atoms with E-state index < -0.39 is 5.60 Å². The quantitative estimate of drug-likeness (QED) is 0.899. The molecule has 2 nitrogen and oxygen atoms in total. The summed E-state index contributed by atoms with van der Waals surface area (Å²) in [6.45, 7) is 3.80. The van der Waals surface area contributed by atoms with Gasteiger partial charge in [0.1, 0.15) is 5.82 Å². The van der Waals surface area contributed by atoms with Gasteiger partial charge in [-0.15, -0.1) is 0 Å². The molecular formula is C14H19BrFNO. The van der Waals surface area contributed by atoms with Gasteiger partial charge in [0, 0.05) is 18.9 Å². The van der Waals surface area contributed by atoms with Crippen LogP contribution in [0.25, 0.3) is 0 Å². The normalized spacial score (nSPS) is 28.3. The van der Waals surface area contributed by atoms with Crippen LogP contribution in [-0.2, 0) is 6.42 Å². The maximum atomic E-state index is 13.2. The molecule has 1 fully saturated rings. The molecule has 0 saturated carbocycles. The van der Waals surface area contributed by atoms with E-state index in [1.54, 1.807) is 12.1 Å². The Labute approximate surface area is 116 Å². The Kier molecular flexibility index (Phi) is 4.41. The van der Waals surface area contributed by atoms with Crippen LogP contribution in [0.1, 0.15) is 25.3 Å². The predicted molar refractivity (Wildman–Crippen MR) is 74.0 cm³/mol. The highest BCUT2D eigenvalue weighted by Gasteiger charge is 2.37. The molecule has 2 atom stereocenters. The molecule has 1 saturated heterocycles. The second kappa shape index (κ2) is 5.68. The number of rotatable bonds is 3. The molecule has 0 aliphatic carbocycles. The van der Waals surface area contributed by atoms with Crippen LogP contribution < -0.4 is 5.32 Å². The highest BCUT2D eigenvalue weighted by Crippen LogP contribution is 2.31. The molecule has 0 bridgehead atoms. The smallest absolute Gasteiger partial charge is 0.137 e. The molecule has 1 aliphatic rings. The highest BCUT2D eigenvalue weighted by molar-refractivity contribution is 9.10. The zero-order chi connectivity index (χ0) is 13.2. The number of aliphatic hydroxyl groups is 1.